The third kappa shape index (κ3) is 3.61. The molecule has 2 rings (SSSR count). The molecular weight excluding hydrogens is 341 g/mol. The fourth-order valence-electron chi connectivity index (χ4n) is 2.75. The van der Waals surface area contributed by atoms with Crippen molar-refractivity contribution in [1.82, 2.24) is 0 Å². The summed E-state index contributed by atoms with van der Waals surface area (Å²) < 4.78 is 13.6. The Morgan fingerprint density at radius 2 is 1.90 bits per heavy atom. The van der Waals surface area contributed by atoms with Crippen molar-refractivity contribution in [2.75, 3.05) is 5.32 Å². The Labute approximate surface area is 130 Å². The number of aryl methyl sites for hydroxylation is 1. The molecule has 0 aromatic heterocycles. The fourth-order valence-corrected chi connectivity index (χ4v) is 3.09. The molecule has 0 bridgehead atoms. The van der Waals surface area contributed by atoms with Gasteiger partial charge in [0.15, 0.2) is 0 Å². The van der Waals surface area contributed by atoms with Crippen LogP contribution in [0.15, 0.2) is 16.6 Å². The molecule has 2 N–H and O–H groups in total. The number of carboxylic acids is 1. The van der Waals surface area contributed by atoms with Crippen LogP contribution in [0, 0.1) is 24.6 Å². The molecule has 21 heavy (non-hydrogen) atoms. The minimum Gasteiger partial charge on any atom is -0.481 e. The Morgan fingerprint density at radius 1 is 1.29 bits per heavy atom. The summed E-state index contributed by atoms with van der Waals surface area (Å²) in [4.78, 5) is 23.6. The molecule has 1 aliphatic carbocycles. The maximum absolute atomic E-state index is 13.4. The molecule has 2 unspecified atom stereocenters. The first-order valence-electron chi connectivity index (χ1n) is 6.89. The summed E-state index contributed by atoms with van der Waals surface area (Å²) in [7, 11) is 0. The van der Waals surface area contributed by atoms with Gasteiger partial charge in [-0.3, -0.25) is 9.59 Å². The maximum atomic E-state index is 13.4. The van der Waals surface area contributed by atoms with Crippen LogP contribution in [0.1, 0.15) is 31.2 Å². The molecule has 0 radical (unpaired) electrons. The van der Waals surface area contributed by atoms with E-state index in [0.717, 1.165) is 12.8 Å². The summed E-state index contributed by atoms with van der Waals surface area (Å²) in [5.74, 6) is -2.79. The van der Waals surface area contributed by atoms with E-state index in [0.29, 0.717) is 24.1 Å². The van der Waals surface area contributed by atoms with Crippen LogP contribution in [0.2, 0.25) is 0 Å². The summed E-state index contributed by atoms with van der Waals surface area (Å²) in [6.07, 6.45) is 2.79. The third-order valence-electron chi connectivity index (χ3n) is 3.95. The topological polar surface area (TPSA) is 66.4 Å². The standard InChI is InChI=1S/C15H17BrFNO3/c1-8-6-12(17)11(16)7-13(8)18-14(19)9-4-2-3-5-10(9)15(20)21/h6-7,9-10H,2-5H2,1H3,(H,18,19)(H,20,21). The van der Waals surface area contributed by atoms with E-state index >= 15 is 0 Å². The number of benzene rings is 1. The highest BCUT2D eigenvalue weighted by Gasteiger charge is 2.35. The minimum absolute atomic E-state index is 0.266. The van der Waals surface area contributed by atoms with Crippen LogP contribution in [0.4, 0.5) is 10.1 Å². The average molecular weight is 358 g/mol. The van der Waals surface area contributed by atoms with E-state index in [2.05, 4.69) is 21.2 Å². The average Bonchev–Trinajstić information content (AvgIpc) is 2.44. The first kappa shape index (κ1) is 15.9. The number of aliphatic carboxylic acids is 1. The largest absolute Gasteiger partial charge is 0.481 e. The quantitative estimate of drug-likeness (QED) is 0.865. The molecule has 0 heterocycles. The minimum atomic E-state index is -0.924. The van der Waals surface area contributed by atoms with Crippen LogP contribution in [0.3, 0.4) is 0 Å². The van der Waals surface area contributed by atoms with Crippen LogP contribution in [-0.2, 0) is 9.59 Å². The summed E-state index contributed by atoms with van der Waals surface area (Å²) in [5, 5.41) is 12.0. The lowest BCUT2D eigenvalue weighted by atomic mass is 9.78. The van der Waals surface area contributed by atoms with Crippen molar-refractivity contribution in [3.05, 3.63) is 28.0 Å². The maximum Gasteiger partial charge on any atom is 0.307 e. The van der Waals surface area contributed by atoms with E-state index < -0.39 is 23.6 Å². The van der Waals surface area contributed by atoms with E-state index in [1.807, 2.05) is 0 Å². The lowest BCUT2D eigenvalue weighted by Crippen LogP contribution is -2.36. The monoisotopic (exact) mass is 357 g/mol. The van der Waals surface area contributed by atoms with Gasteiger partial charge in [0.2, 0.25) is 5.91 Å². The van der Waals surface area contributed by atoms with Gasteiger partial charge in [0.1, 0.15) is 5.82 Å². The zero-order chi connectivity index (χ0) is 15.6. The van der Waals surface area contributed by atoms with Crippen molar-refractivity contribution in [1.29, 1.82) is 0 Å². The smallest absolute Gasteiger partial charge is 0.307 e. The van der Waals surface area contributed by atoms with E-state index in [9.17, 15) is 19.1 Å². The molecule has 1 fully saturated rings. The summed E-state index contributed by atoms with van der Waals surface area (Å²) in [6, 6.07) is 2.83. The number of halogens is 2. The van der Waals surface area contributed by atoms with Crippen LogP contribution in [0.5, 0.6) is 0 Å². The van der Waals surface area contributed by atoms with Crippen molar-refractivity contribution in [2.24, 2.45) is 11.8 Å². The second kappa shape index (κ2) is 6.56. The van der Waals surface area contributed by atoms with Gasteiger partial charge in [-0.1, -0.05) is 12.8 Å². The van der Waals surface area contributed by atoms with E-state index in [4.69, 9.17) is 0 Å². The number of amides is 1. The second-order valence-electron chi connectivity index (χ2n) is 5.41. The number of hydrogen-bond donors (Lipinski definition) is 2. The van der Waals surface area contributed by atoms with Crippen LogP contribution >= 0.6 is 15.9 Å². The van der Waals surface area contributed by atoms with E-state index in [-0.39, 0.29) is 10.4 Å². The number of hydrogen-bond acceptors (Lipinski definition) is 2. The SMILES string of the molecule is Cc1cc(F)c(Br)cc1NC(=O)C1CCCCC1C(=O)O. The van der Waals surface area contributed by atoms with Gasteiger partial charge < -0.3 is 10.4 Å². The number of carbonyl (C=O) groups excluding carboxylic acids is 1. The summed E-state index contributed by atoms with van der Waals surface area (Å²) >= 11 is 3.08. The molecule has 1 saturated carbocycles. The molecule has 0 saturated heterocycles. The summed E-state index contributed by atoms with van der Waals surface area (Å²) in [5.41, 5.74) is 1.11. The van der Waals surface area contributed by atoms with Crippen molar-refractivity contribution in [3.8, 4) is 0 Å². The zero-order valence-electron chi connectivity index (χ0n) is 11.7. The predicted molar refractivity (Wildman–Crippen MR) is 80.6 cm³/mol. The highest BCUT2D eigenvalue weighted by molar-refractivity contribution is 9.10. The molecule has 0 aliphatic heterocycles. The Balaban J connectivity index is 2.17. The van der Waals surface area contributed by atoms with E-state index in [1.165, 1.54) is 12.1 Å². The van der Waals surface area contributed by atoms with Crippen LogP contribution in [-0.4, -0.2) is 17.0 Å². The van der Waals surface area contributed by atoms with Gasteiger partial charge in [0, 0.05) is 5.69 Å². The Morgan fingerprint density at radius 3 is 2.52 bits per heavy atom. The lowest BCUT2D eigenvalue weighted by Gasteiger charge is -2.27. The molecule has 1 aromatic carbocycles. The van der Waals surface area contributed by atoms with Crippen molar-refractivity contribution >= 4 is 33.5 Å². The molecular formula is C15H17BrFNO3. The Hall–Kier alpha value is -1.43. The molecule has 2 atom stereocenters. The predicted octanol–water partition coefficient (Wildman–Crippen LogP) is 3.73. The number of carboxylic acid groups (broad SMARTS) is 1. The van der Waals surface area contributed by atoms with Gasteiger partial charge in [-0.25, -0.2) is 4.39 Å². The first-order chi connectivity index (χ1) is 9.90. The molecule has 6 heteroatoms. The molecule has 114 valence electrons. The van der Waals surface area contributed by atoms with Gasteiger partial charge in [0.05, 0.1) is 16.3 Å². The highest BCUT2D eigenvalue weighted by Crippen LogP contribution is 2.32. The summed E-state index contributed by atoms with van der Waals surface area (Å²) in [6.45, 7) is 1.70. The van der Waals surface area contributed by atoms with Crippen molar-refractivity contribution in [2.45, 2.75) is 32.6 Å². The Bertz CT molecular complexity index is 576. The first-order valence-corrected chi connectivity index (χ1v) is 7.68. The van der Waals surface area contributed by atoms with Gasteiger partial charge in [0.25, 0.3) is 0 Å². The number of nitrogens with one attached hydrogen (secondary N) is 1. The fraction of sp³-hybridized carbons (Fsp3) is 0.467. The highest BCUT2D eigenvalue weighted by atomic mass is 79.9. The molecule has 0 spiro atoms. The van der Waals surface area contributed by atoms with Gasteiger partial charge >= 0.3 is 5.97 Å². The molecule has 4 nitrogen and oxygen atoms in total. The van der Waals surface area contributed by atoms with Gasteiger partial charge in [-0.15, -0.1) is 0 Å². The molecule has 1 aromatic rings. The number of carbonyl (C=O) groups is 2. The third-order valence-corrected chi connectivity index (χ3v) is 4.55. The van der Waals surface area contributed by atoms with Crippen molar-refractivity contribution in [3.63, 3.8) is 0 Å². The number of anilines is 1. The molecule has 1 aliphatic rings. The lowest BCUT2D eigenvalue weighted by molar-refractivity contribution is -0.147. The normalized spacial score (nSPS) is 21.9. The zero-order valence-corrected chi connectivity index (χ0v) is 13.2. The van der Waals surface area contributed by atoms with Gasteiger partial charge in [-0.05, 0) is 53.4 Å². The second-order valence-corrected chi connectivity index (χ2v) is 6.26. The van der Waals surface area contributed by atoms with Gasteiger partial charge in [-0.2, -0.15) is 0 Å². The molecule has 1 amide bonds. The number of rotatable bonds is 3. The van der Waals surface area contributed by atoms with E-state index in [1.54, 1.807) is 6.92 Å². The Kier molecular flexibility index (Phi) is 4.98. The van der Waals surface area contributed by atoms with Crippen molar-refractivity contribution < 1.29 is 19.1 Å². The van der Waals surface area contributed by atoms with Crippen LogP contribution in [0.25, 0.3) is 0 Å². The van der Waals surface area contributed by atoms with Crippen LogP contribution < -0.4 is 5.32 Å².